The van der Waals surface area contributed by atoms with Gasteiger partial charge >= 0.3 is 0 Å². The number of nitrogens with one attached hydrogen (secondary N) is 1. The highest BCUT2D eigenvalue weighted by Gasteiger charge is 2.12. The smallest absolute Gasteiger partial charge is 0.0423 e. The lowest BCUT2D eigenvalue weighted by Crippen LogP contribution is -2.24. The van der Waals surface area contributed by atoms with Crippen molar-refractivity contribution in [3.8, 4) is 0 Å². The lowest BCUT2D eigenvalue weighted by molar-refractivity contribution is 0.596. The molecule has 2 nitrogen and oxygen atoms in total. The molecule has 0 saturated heterocycles. The van der Waals surface area contributed by atoms with Gasteiger partial charge in [0.1, 0.15) is 0 Å². The third-order valence-electron chi connectivity index (χ3n) is 2.94. The molecule has 1 unspecified atom stereocenters. The minimum absolute atomic E-state index is 0.391. The number of hydrogen-bond acceptors (Lipinski definition) is 2. The van der Waals surface area contributed by atoms with Crippen molar-refractivity contribution in [3.63, 3.8) is 0 Å². The molecule has 0 saturated carbocycles. The fourth-order valence-corrected chi connectivity index (χ4v) is 2.43. The zero-order valence-corrected chi connectivity index (χ0v) is 12.8. The minimum Gasteiger partial charge on any atom is -0.374 e. The molecule has 0 amide bonds. The molecule has 0 heterocycles. The summed E-state index contributed by atoms with van der Waals surface area (Å²) in [4.78, 5) is 2.33. The second-order valence-electron chi connectivity index (χ2n) is 4.40. The third kappa shape index (κ3) is 4.00. The predicted octanol–water partition coefficient (Wildman–Crippen LogP) is 3.97. The van der Waals surface area contributed by atoms with E-state index in [1.54, 1.807) is 0 Å². The maximum atomic E-state index is 3.56. The number of halogens is 1. The molecule has 0 radical (unpaired) electrons. The van der Waals surface area contributed by atoms with E-state index in [1.165, 1.54) is 11.3 Å². The van der Waals surface area contributed by atoms with Crippen LogP contribution in [0, 0.1) is 0 Å². The van der Waals surface area contributed by atoms with Gasteiger partial charge in [-0.1, -0.05) is 35.8 Å². The van der Waals surface area contributed by atoms with Crippen LogP contribution in [0.25, 0.3) is 0 Å². The van der Waals surface area contributed by atoms with Crippen LogP contribution in [0.4, 0.5) is 5.69 Å². The second kappa shape index (κ2) is 7.02. The largest absolute Gasteiger partial charge is 0.374 e. The van der Waals surface area contributed by atoms with Gasteiger partial charge in [0, 0.05) is 29.8 Å². The number of hydrogen-bond donors (Lipinski definition) is 1. The quantitative estimate of drug-likeness (QED) is 0.855. The maximum Gasteiger partial charge on any atom is 0.0423 e. The Balaban J connectivity index is 3.02. The molecule has 0 fully saturated rings. The molecule has 0 aromatic heterocycles. The molecule has 0 bridgehead atoms. The van der Waals surface area contributed by atoms with Crippen molar-refractivity contribution in [2.75, 3.05) is 25.0 Å². The Morgan fingerprint density at radius 2 is 2.06 bits per heavy atom. The molecule has 96 valence electrons. The molecule has 0 spiro atoms. The van der Waals surface area contributed by atoms with E-state index < -0.39 is 0 Å². The van der Waals surface area contributed by atoms with E-state index in [-0.39, 0.29) is 0 Å². The van der Waals surface area contributed by atoms with Gasteiger partial charge in [-0.25, -0.2) is 0 Å². The standard InChI is InChI=1S/C14H23BrN2/c1-5-9-17(4)14-10-12(15)7-8-13(14)11(3)16-6-2/h7-8,10-11,16H,5-6,9H2,1-4H3. The molecule has 1 aromatic rings. The van der Waals surface area contributed by atoms with Crippen LogP contribution in [0.3, 0.4) is 0 Å². The lowest BCUT2D eigenvalue weighted by Gasteiger charge is -2.25. The molecular formula is C14H23BrN2. The first-order chi connectivity index (χ1) is 8.10. The average Bonchev–Trinajstić information content (AvgIpc) is 2.29. The van der Waals surface area contributed by atoms with Crippen LogP contribution in [0.15, 0.2) is 22.7 Å². The van der Waals surface area contributed by atoms with E-state index in [2.05, 4.69) is 72.2 Å². The second-order valence-corrected chi connectivity index (χ2v) is 5.32. The molecule has 0 aliphatic heterocycles. The Hall–Kier alpha value is -0.540. The number of benzene rings is 1. The van der Waals surface area contributed by atoms with Gasteiger partial charge in [0.05, 0.1) is 0 Å². The molecule has 3 heteroatoms. The Morgan fingerprint density at radius 3 is 2.65 bits per heavy atom. The van der Waals surface area contributed by atoms with Crippen molar-refractivity contribution in [2.24, 2.45) is 0 Å². The van der Waals surface area contributed by atoms with Crippen LogP contribution >= 0.6 is 15.9 Å². The molecule has 1 rings (SSSR count). The van der Waals surface area contributed by atoms with Gasteiger partial charge in [-0.15, -0.1) is 0 Å². The van der Waals surface area contributed by atoms with Crippen molar-refractivity contribution in [1.82, 2.24) is 5.32 Å². The van der Waals surface area contributed by atoms with Crippen LogP contribution in [0.1, 0.15) is 38.8 Å². The summed E-state index contributed by atoms with van der Waals surface area (Å²) in [6.45, 7) is 8.65. The zero-order valence-electron chi connectivity index (χ0n) is 11.3. The SMILES string of the molecule is CCCN(C)c1cc(Br)ccc1C(C)NCC. The molecule has 0 aliphatic carbocycles. The Bertz CT molecular complexity index is 352. The summed E-state index contributed by atoms with van der Waals surface area (Å²) in [5.74, 6) is 0. The highest BCUT2D eigenvalue weighted by Crippen LogP contribution is 2.29. The predicted molar refractivity (Wildman–Crippen MR) is 79.8 cm³/mol. The minimum atomic E-state index is 0.391. The average molecular weight is 299 g/mol. The third-order valence-corrected chi connectivity index (χ3v) is 3.43. The van der Waals surface area contributed by atoms with Crippen molar-refractivity contribution >= 4 is 21.6 Å². The highest BCUT2D eigenvalue weighted by molar-refractivity contribution is 9.10. The van der Waals surface area contributed by atoms with Gasteiger partial charge in [0.2, 0.25) is 0 Å². The first kappa shape index (κ1) is 14.5. The van der Waals surface area contributed by atoms with Crippen molar-refractivity contribution < 1.29 is 0 Å². The lowest BCUT2D eigenvalue weighted by atomic mass is 10.1. The van der Waals surface area contributed by atoms with Gasteiger partial charge in [-0.3, -0.25) is 0 Å². The monoisotopic (exact) mass is 298 g/mol. The Labute approximate surface area is 114 Å². The molecule has 1 N–H and O–H groups in total. The number of anilines is 1. The summed E-state index contributed by atoms with van der Waals surface area (Å²) >= 11 is 3.56. The number of rotatable bonds is 6. The Kier molecular flexibility index (Phi) is 6.00. The van der Waals surface area contributed by atoms with Crippen molar-refractivity contribution in [2.45, 2.75) is 33.2 Å². The Morgan fingerprint density at radius 1 is 1.35 bits per heavy atom. The summed E-state index contributed by atoms with van der Waals surface area (Å²) < 4.78 is 1.14. The van der Waals surface area contributed by atoms with E-state index in [9.17, 15) is 0 Å². The van der Waals surface area contributed by atoms with Gasteiger partial charge in [0.15, 0.2) is 0 Å². The summed E-state index contributed by atoms with van der Waals surface area (Å²) in [6.07, 6.45) is 1.16. The fraction of sp³-hybridized carbons (Fsp3) is 0.571. The molecule has 17 heavy (non-hydrogen) atoms. The van der Waals surface area contributed by atoms with E-state index in [4.69, 9.17) is 0 Å². The van der Waals surface area contributed by atoms with Crippen molar-refractivity contribution in [3.05, 3.63) is 28.2 Å². The molecule has 1 aromatic carbocycles. The molecule has 0 aliphatic rings. The fourth-order valence-electron chi connectivity index (χ4n) is 2.09. The van der Waals surface area contributed by atoms with Crippen LogP contribution in [-0.4, -0.2) is 20.1 Å². The van der Waals surface area contributed by atoms with Crippen LogP contribution < -0.4 is 10.2 Å². The van der Waals surface area contributed by atoms with E-state index in [0.29, 0.717) is 6.04 Å². The summed E-state index contributed by atoms with van der Waals surface area (Å²) in [5, 5.41) is 3.48. The van der Waals surface area contributed by atoms with Crippen LogP contribution in [-0.2, 0) is 0 Å². The topological polar surface area (TPSA) is 15.3 Å². The van der Waals surface area contributed by atoms with Gasteiger partial charge < -0.3 is 10.2 Å². The maximum absolute atomic E-state index is 3.56. The number of nitrogens with zero attached hydrogens (tertiary/aromatic N) is 1. The highest BCUT2D eigenvalue weighted by atomic mass is 79.9. The molecule has 1 atom stereocenters. The van der Waals surface area contributed by atoms with Crippen LogP contribution in [0.2, 0.25) is 0 Å². The first-order valence-electron chi connectivity index (χ1n) is 6.34. The van der Waals surface area contributed by atoms with E-state index in [1.807, 2.05) is 0 Å². The molecular weight excluding hydrogens is 276 g/mol. The summed E-state index contributed by atoms with van der Waals surface area (Å²) in [6, 6.07) is 6.92. The summed E-state index contributed by atoms with van der Waals surface area (Å²) in [5.41, 5.74) is 2.68. The van der Waals surface area contributed by atoms with Gasteiger partial charge in [0.25, 0.3) is 0 Å². The summed E-state index contributed by atoms with van der Waals surface area (Å²) in [7, 11) is 2.16. The van der Waals surface area contributed by atoms with Crippen molar-refractivity contribution in [1.29, 1.82) is 0 Å². The van der Waals surface area contributed by atoms with Crippen LogP contribution in [0.5, 0.6) is 0 Å². The zero-order chi connectivity index (χ0) is 12.8. The normalized spacial score (nSPS) is 12.5. The van der Waals surface area contributed by atoms with Gasteiger partial charge in [-0.05, 0) is 37.6 Å². The first-order valence-corrected chi connectivity index (χ1v) is 7.13. The van der Waals surface area contributed by atoms with E-state index >= 15 is 0 Å². The van der Waals surface area contributed by atoms with E-state index in [0.717, 1.165) is 24.0 Å². The van der Waals surface area contributed by atoms with Gasteiger partial charge in [-0.2, -0.15) is 0 Å².